The monoisotopic (exact) mass is 1670 g/mol. The molecule has 110 heavy (non-hydrogen) atoms. The normalized spacial score (nSPS) is 32.6. The number of aliphatic hydroxyl groups is 10. The summed E-state index contributed by atoms with van der Waals surface area (Å²) >= 11 is 10.1. The van der Waals surface area contributed by atoms with Crippen molar-refractivity contribution in [2.45, 2.75) is 161 Å². The fourth-order valence-electron chi connectivity index (χ4n) is 12.8. The fourth-order valence-corrected chi connectivity index (χ4v) is 17.9. The van der Waals surface area contributed by atoms with Gasteiger partial charge in [0.2, 0.25) is 0 Å². The summed E-state index contributed by atoms with van der Waals surface area (Å²) < 4.78 is 29.3. The smallest absolute Gasteiger partial charge is 0.325 e. The van der Waals surface area contributed by atoms with Crippen LogP contribution in [0.3, 0.4) is 0 Å². The van der Waals surface area contributed by atoms with Gasteiger partial charge in [-0.3, -0.25) is 4.79 Å². The van der Waals surface area contributed by atoms with Crippen LogP contribution in [0.25, 0.3) is 0 Å². The molecule has 17 N–H and O–H groups in total. The Hall–Kier alpha value is -4.95. The number of carbonyl (C=O) groups is 3. The Balaban J connectivity index is 0.000000215. The third kappa shape index (κ3) is 26.3. The second-order valence-electron chi connectivity index (χ2n) is 32.4. The summed E-state index contributed by atoms with van der Waals surface area (Å²) in [5.74, 6) is 5.30. The number of rotatable bonds is 20. The van der Waals surface area contributed by atoms with Gasteiger partial charge in [-0.25, -0.2) is 9.59 Å². The molecule has 20 atom stereocenters. The van der Waals surface area contributed by atoms with Crippen molar-refractivity contribution in [3.05, 3.63) is 120 Å². The zero-order valence-corrected chi connectivity index (χ0v) is 71.8. The predicted molar refractivity (Wildman–Crippen MR) is 460 cm³/mol. The summed E-state index contributed by atoms with van der Waals surface area (Å²) in [7, 11) is 3.42. The minimum Gasteiger partial charge on any atom is -0.388 e. The van der Waals surface area contributed by atoms with Gasteiger partial charge in [0.25, 0.3) is 5.91 Å². The lowest BCUT2D eigenvalue weighted by atomic mass is 9.99. The number of nitrogens with zero attached hydrogens (tertiary/aromatic N) is 3. The molecule has 10 heterocycles. The number of amides is 5. The van der Waals surface area contributed by atoms with Crippen LogP contribution in [-0.2, 0) is 28.5 Å². The van der Waals surface area contributed by atoms with E-state index in [1.165, 1.54) is 22.2 Å². The first-order valence-electron chi connectivity index (χ1n) is 35.9. The number of nitrogens with one attached hydrogen (secondary N) is 7. The predicted octanol–water partition coefficient (Wildman–Crippen LogP) is 2.50. The fraction of sp³-hybridized carbons (Fsp3) is 0.573. The minimum atomic E-state index is -1.25. The maximum Gasteiger partial charge on any atom is 0.325 e. The van der Waals surface area contributed by atoms with E-state index in [-0.39, 0.29) is 41.6 Å². The lowest BCUT2D eigenvalue weighted by molar-refractivity contribution is -0.119. The molecule has 0 aromatic carbocycles. The molecular weight excluding hydrogens is 1550 g/mol. The van der Waals surface area contributed by atoms with Crippen molar-refractivity contribution in [3.8, 4) is 11.8 Å². The summed E-state index contributed by atoms with van der Waals surface area (Å²) in [6.07, 6.45) is 21.2. The van der Waals surface area contributed by atoms with Crippen molar-refractivity contribution in [1.29, 1.82) is 0 Å². The summed E-state index contributed by atoms with van der Waals surface area (Å²) in [6.45, 7) is 36.0. The van der Waals surface area contributed by atoms with E-state index in [1.807, 2.05) is 7.05 Å². The lowest BCUT2D eigenvalue weighted by Gasteiger charge is -2.33. The Morgan fingerprint density at radius 2 is 0.755 bits per heavy atom. The molecule has 0 aliphatic carbocycles. The van der Waals surface area contributed by atoms with Gasteiger partial charge in [0.1, 0.15) is 96.8 Å². The summed E-state index contributed by atoms with van der Waals surface area (Å²) in [5.41, 5.74) is 4.74. The highest BCUT2D eigenvalue weighted by Crippen LogP contribution is 2.45. The maximum absolute atomic E-state index is 11.9. The number of hydrogen-bond donors (Lipinski definition) is 17. The van der Waals surface area contributed by atoms with Crippen molar-refractivity contribution in [2.24, 2.45) is 0 Å². The number of ether oxygens (including phenoxy) is 5. The minimum absolute atomic E-state index is 0.253. The molecule has 28 nitrogen and oxygen atoms in total. The molecule has 10 aliphatic rings. The van der Waals surface area contributed by atoms with E-state index in [4.69, 9.17) is 48.1 Å². The molecule has 5 saturated heterocycles. The first-order valence-corrected chi connectivity index (χ1v) is 52.0. The molecule has 5 fully saturated rings. The molecule has 616 valence electrons. The first kappa shape index (κ1) is 93.9. The molecule has 0 aromatic rings. The van der Waals surface area contributed by atoms with Crippen LogP contribution in [0.2, 0.25) is 0 Å². The highest BCUT2D eigenvalue weighted by molar-refractivity contribution is 7.80. The quantitative estimate of drug-likeness (QED) is 0.0473. The number of aliphatic hydroxyl groups excluding tert-OH is 10. The second kappa shape index (κ2) is 39.1. The SMILES string of the molecule is C=C1NC(=O)C(C#CC)=CN1C1O[C@H](CCP(=C)(C)C)[C@@H](O)[C@H]1O.C=C1NC(=O)N(C)C=C1C1O[C@H](CCP(=C)(C)C)[C@@H](O)[C@H]1O.C=C1NC(=O)NC=C1C1O[C@H](CCP(=C)(C)C)[C@@H](O)[C@H]1O.C=C1NC(=S)N(C)C=C1C1O[C@H](CCP(=C)(C)C)[C@@H](O)[C@H]1O.C=C1NC(=S)NC=C1C1O[C@H](CCP(=C)(C)C)[C@@H](O)[C@H]1O. The van der Waals surface area contributed by atoms with Gasteiger partial charge in [-0.05, 0) is 161 Å². The molecule has 0 bridgehead atoms. The molecule has 0 radical (unpaired) electrons. The number of urea groups is 2. The van der Waals surface area contributed by atoms with Crippen LogP contribution >= 0.6 is 58.9 Å². The van der Waals surface area contributed by atoms with Crippen LogP contribution in [0.15, 0.2) is 120 Å². The van der Waals surface area contributed by atoms with Gasteiger partial charge in [0.05, 0.1) is 30.5 Å². The van der Waals surface area contributed by atoms with Crippen LogP contribution in [0.4, 0.5) is 9.59 Å². The third-order valence-corrected chi connectivity index (χ3v) is 27.1. The molecule has 5 amide bonds. The van der Waals surface area contributed by atoms with Gasteiger partial charge < -0.3 is 127 Å². The van der Waals surface area contributed by atoms with Crippen molar-refractivity contribution in [1.82, 2.24) is 51.9 Å². The molecular formula is C75H121N10O18P5S2. The molecule has 0 aromatic heterocycles. The lowest BCUT2D eigenvalue weighted by Crippen LogP contribution is -2.47. The summed E-state index contributed by atoms with van der Waals surface area (Å²) in [5, 5.41) is 122. The summed E-state index contributed by atoms with van der Waals surface area (Å²) in [6, 6.07) is -0.668. The van der Waals surface area contributed by atoms with Gasteiger partial charge in [-0.1, -0.05) is 38.8 Å². The average molecular weight is 1670 g/mol. The van der Waals surface area contributed by atoms with E-state index < -0.39 is 144 Å². The topological polar surface area (TPSA) is 394 Å². The van der Waals surface area contributed by atoms with Crippen molar-refractivity contribution in [3.63, 3.8) is 0 Å². The van der Waals surface area contributed by atoms with Crippen LogP contribution in [0, 0.1) is 11.8 Å². The van der Waals surface area contributed by atoms with Gasteiger partial charge in [-0.15, -0.1) is 71.8 Å². The number of hydrogen-bond acceptors (Lipinski definition) is 21. The van der Waals surface area contributed by atoms with Crippen LogP contribution in [0.1, 0.15) is 39.0 Å². The third-order valence-electron chi connectivity index (χ3n) is 19.2. The second-order valence-corrected chi connectivity index (χ2v) is 54.8. The van der Waals surface area contributed by atoms with Crippen molar-refractivity contribution < 1.29 is 89.1 Å². The van der Waals surface area contributed by atoms with Crippen LogP contribution < -0.4 is 37.2 Å². The van der Waals surface area contributed by atoms with Gasteiger partial charge in [0.15, 0.2) is 16.5 Å². The Bertz CT molecular complexity index is 3800. The van der Waals surface area contributed by atoms with Crippen LogP contribution in [-0.4, -0.2) is 359 Å². The van der Waals surface area contributed by atoms with E-state index in [9.17, 15) is 65.4 Å². The standard InChI is InChI=1S/C17H25N2O4P.C15H25N2O4P.C15H25N2O3PS.C14H23N2O4P.C14H23N2O3PS/c1-6-7-12-10-19(11(2)18-16(12)22)17-15(21)14(20)13(23-17)8-9-24(3,4)5;1-9-10(8-17(2)15(20)16-9)14-13(19)12(18)11(21-14)6-7-22(3,4)5;1-9-10(8-17(2)15(22)16-9)14-13(19)12(18)11(20-14)6-7-21(3,4)5;1-8-9(7-15-14(19)16-8)13-12(18)11(17)10(20-13)5-6-21(2,3)4;1-8-9(7-15-14(21)16-8)13-12(18)11(17)10(19-13)5-6-20(2,3)4/h10,13-15,17,20-21H,2-3,8-9H2,1,4-5H3,(H,18,22);8,11-14,18-19H,1,3,6-7H2,2,4-5H3,(H,16,20);8,11-14,18-19H,1,3,6-7H2,2,4-5H3,(H,16,22);7,10-13,17-18H,1-2,5-6H2,3-4H3,(H2,15,16,19);7,10-13,17-18H,1-2,5-6H2,3-4H3,(H2,15,16,21)/t13-,14-,15-,17?;2*11-,12-,13-,14?;2*10-,11-,12-,13?/m11111/s1. The Morgan fingerprint density at radius 3 is 1.12 bits per heavy atom. The highest BCUT2D eigenvalue weighted by Gasteiger charge is 2.51. The van der Waals surface area contributed by atoms with Gasteiger partial charge in [0, 0.05) is 90.2 Å². The molecule has 5 unspecified atom stereocenters. The van der Waals surface area contributed by atoms with E-state index in [0.717, 1.165) is 30.8 Å². The van der Waals surface area contributed by atoms with E-state index in [0.29, 0.717) is 87.4 Å². The van der Waals surface area contributed by atoms with E-state index in [2.05, 4.69) is 180 Å². The van der Waals surface area contributed by atoms with Crippen LogP contribution in [0.5, 0.6) is 0 Å². The molecule has 35 heteroatoms. The van der Waals surface area contributed by atoms with Crippen molar-refractivity contribution >= 4 is 119 Å². The number of thiocarbonyl (C=S) groups is 2. The number of carbonyl (C=O) groups excluding carboxylic acids is 3. The molecule has 0 saturated carbocycles. The largest absolute Gasteiger partial charge is 0.388 e. The molecule has 0 spiro atoms. The zero-order valence-electron chi connectivity index (χ0n) is 65.7. The Kier molecular flexibility index (Phi) is 33.4. The first-order chi connectivity index (χ1) is 50.7. The van der Waals surface area contributed by atoms with E-state index in [1.54, 1.807) is 37.5 Å². The summed E-state index contributed by atoms with van der Waals surface area (Å²) in [4.78, 5) is 39.2. The Labute approximate surface area is 660 Å². The maximum atomic E-state index is 11.9. The molecule has 10 rings (SSSR count). The van der Waals surface area contributed by atoms with Crippen molar-refractivity contribution in [2.75, 3.05) is 112 Å². The van der Waals surface area contributed by atoms with E-state index >= 15 is 0 Å². The highest BCUT2D eigenvalue weighted by atomic mass is 32.1. The average Bonchev–Trinajstić information content (AvgIpc) is 1.66. The Morgan fingerprint density at radius 1 is 0.427 bits per heavy atom. The van der Waals surface area contributed by atoms with Gasteiger partial charge in [-0.2, -0.15) is 0 Å². The molecule has 10 aliphatic heterocycles. The van der Waals surface area contributed by atoms with Gasteiger partial charge >= 0.3 is 12.1 Å². The zero-order chi connectivity index (χ0) is 82.9.